The standard InChI is InChI=1S/C18H19ClN2O3/c1-11(16(22)20-10-12-6-8-13(19)9-7-12)21-17(23)14-4-2-3-5-15(14)18(21)24/h2-3,6-9,11,14-15H,4-5,10H2,1H3,(H,20,22)/t11-,14-,15-/m0/s1. The van der Waals surface area contributed by atoms with Crippen LogP contribution in [0.15, 0.2) is 36.4 Å². The highest BCUT2D eigenvalue weighted by atomic mass is 35.5. The Morgan fingerprint density at radius 2 is 1.71 bits per heavy atom. The fraction of sp³-hybridized carbons (Fsp3) is 0.389. The first-order valence-electron chi connectivity index (χ1n) is 8.03. The van der Waals surface area contributed by atoms with Crippen LogP contribution in [-0.2, 0) is 20.9 Å². The Balaban J connectivity index is 1.64. The number of rotatable bonds is 4. The zero-order chi connectivity index (χ0) is 17.3. The smallest absolute Gasteiger partial charge is 0.243 e. The fourth-order valence-electron chi connectivity index (χ4n) is 3.26. The van der Waals surface area contributed by atoms with Gasteiger partial charge in [0, 0.05) is 11.6 Å². The van der Waals surface area contributed by atoms with Gasteiger partial charge in [-0.3, -0.25) is 19.3 Å². The topological polar surface area (TPSA) is 66.5 Å². The molecule has 3 amide bonds. The van der Waals surface area contributed by atoms with Gasteiger partial charge >= 0.3 is 0 Å². The maximum atomic E-state index is 12.5. The van der Waals surface area contributed by atoms with E-state index in [1.54, 1.807) is 19.1 Å². The van der Waals surface area contributed by atoms with Gasteiger partial charge in [0.25, 0.3) is 0 Å². The van der Waals surface area contributed by atoms with E-state index in [-0.39, 0.29) is 29.6 Å². The highest BCUT2D eigenvalue weighted by Crippen LogP contribution is 2.36. The molecule has 1 saturated heterocycles. The molecule has 3 rings (SSSR count). The number of nitrogens with zero attached hydrogens (tertiary/aromatic N) is 1. The Kier molecular flexibility index (Phi) is 4.71. The molecule has 6 heteroatoms. The number of hydrogen-bond donors (Lipinski definition) is 1. The van der Waals surface area contributed by atoms with Crippen molar-refractivity contribution in [3.63, 3.8) is 0 Å². The van der Waals surface area contributed by atoms with E-state index in [9.17, 15) is 14.4 Å². The summed E-state index contributed by atoms with van der Waals surface area (Å²) in [7, 11) is 0. The third-order valence-electron chi connectivity index (χ3n) is 4.69. The molecule has 1 aromatic rings. The second kappa shape index (κ2) is 6.77. The molecule has 0 unspecified atom stereocenters. The van der Waals surface area contributed by atoms with Crippen molar-refractivity contribution in [3.05, 3.63) is 47.0 Å². The molecule has 1 fully saturated rings. The summed E-state index contributed by atoms with van der Waals surface area (Å²) >= 11 is 5.83. The van der Waals surface area contributed by atoms with Crippen LogP contribution in [-0.4, -0.2) is 28.7 Å². The lowest BCUT2D eigenvalue weighted by atomic mass is 9.85. The van der Waals surface area contributed by atoms with Crippen molar-refractivity contribution in [2.75, 3.05) is 0 Å². The molecule has 126 valence electrons. The predicted octanol–water partition coefficient (Wildman–Crippen LogP) is 2.30. The van der Waals surface area contributed by atoms with Gasteiger partial charge in [-0.05, 0) is 37.5 Å². The molecule has 1 N–H and O–H groups in total. The molecule has 2 aliphatic rings. The highest BCUT2D eigenvalue weighted by Gasteiger charge is 2.49. The Hall–Kier alpha value is -2.14. The molecule has 0 saturated carbocycles. The molecular weight excluding hydrogens is 328 g/mol. The molecule has 5 nitrogen and oxygen atoms in total. The number of benzene rings is 1. The lowest BCUT2D eigenvalue weighted by Gasteiger charge is -2.22. The Morgan fingerprint density at radius 1 is 1.17 bits per heavy atom. The summed E-state index contributed by atoms with van der Waals surface area (Å²) in [6, 6.07) is 6.33. The number of hydrogen-bond acceptors (Lipinski definition) is 3. The first-order valence-corrected chi connectivity index (χ1v) is 8.41. The first-order chi connectivity index (χ1) is 11.5. The molecule has 1 heterocycles. The molecule has 0 aromatic heterocycles. The van der Waals surface area contributed by atoms with Crippen molar-refractivity contribution in [1.82, 2.24) is 10.2 Å². The third-order valence-corrected chi connectivity index (χ3v) is 4.94. The van der Waals surface area contributed by atoms with E-state index in [1.807, 2.05) is 24.3 Å². The van der Waals surface area contributed by atoms with Gasteiger partial charge in [-0.2, -0.15) is 0 Å². The number of allylic oxidation sites excluding steroid dienone is 2. The number of carbonyl (C=O) groups is 3. The molecule has 1 aromatic carbocycles. The van der Waals surface area contributed by atoms with Crippen molar-refractivity contribution in [2.24, 2.45) is 11.8 Å². The first kappa shape index (κ1) is 16.7. The van der Waals surface area contributed by atoms with Crippen LogP contribution in [0.3, 0.4) is 0 Å². The zero-order valence-electron chi connectivity index (χ0n) is 13.4. The average molecular weight is 347 g/mol. The second-order valence-corrected chi connectivity index (χ2v) is 6.66. The molecule has 0 bridgehead atoms. The van der Waals surface area contributed by atoms with Gasteiger partial charge in [0.05, 0.1) is 11.8 Å². The van der Waals surface area contributed by atoms with E-state index in [0.717, 1.165) is 10.5 Å². The third kappa shape index (κ3) is 3.08. The van der Waals surface area contributed by atoms with Gasteiger partial charge in [0.15, 0.2) is 0 Å². The zero-order valence-corrected chi connectivity index (χ0v) is 14.1. The Labute approximate surface area is 145 Å². The van der Waals surface area contributed by atoms with Crippen molar-refractivity contribution < 1.29 is 14.4 Å². The number of nitrogens with one attached hydrogen (secondary N) is 1. The van der Waals surface area contributed by atoms with Gasteiger partial charge < -0.3 is 5.32 Å². The minimum atomic E-state index is -0.803. The van der Waals surface area contributed by atoms with E-state index in [2.05, 4.69) is 5.32 Å². The number of halogens is 1. The van der Waals surface area contributed by atoms with Crippen LogP contribution >= 0.6 is 11.6 Å². The van der Waals surface area contributed by atoms with E-state index < -0.39 is 6.04 Å². The average Bonchev–Trinajstić information content (AvgIpc) is 2.85. The highest BCUT2D eigenvalue weighted by molar-refractivity contribution is 6.30. The van der Waals surface area contributed by atoms with Crippen LogP contribution < -0.4 is 5.32 Å². The van der Waals surface area contributed by atoms with Gasteiger partial charge in [0.2, 0.25) is 17.7 Å². The van der Waals surface area contributed by atoms with Crippen LogP contribution in [0.2, 0.25) is 5.02 Å². The Morgan fingerprint density at radius 3 is 2.25 bits per heavy atom. The number of amides is 3. The molecule has 1 aliphatic heterocycles. The van der Waals surface area contributed by atoms with E-state index in [0.29, 0.717) is 24.4 Å². The largest absolute Gasteiger partial charge is 0.350 e. The van der Waals surface area contributed by atoms with Crippen molar-refractivity contribution in [2.45, 2.75) is 32.4 Å². The van der Waals surface area contributed by atoms with Crippen LogP contribution in [0.25, 0.3) is 0 Å². The van der Waals surface area contributed by atoms with Crippen LogP contribution in [0.5, 0.6) is 0 Å². The summed E-state index contributed by atoms with van der Waals surface area (Å²) in [6.07, 6.45) is 5.01. The maximum absolute atomic E-state index is 12.5. The summed E-state index contributed by atoms with van der Waals surface area (Å²) in [4.78, 5) is 38.5. The van der Waals surface area contributed by atoms with E-state index in [1.165, 1.54) is 0 Å². The molecule has 24 heavy (non-hydrogen) atoms. The molecule has 0 radical (unpaired) electrons. The van der Waals surface area contributed by atoms with Crippen LogP contribution in [0, 0.1) is 11.8 Å². The lowest BCUT2D eigenvalue weighted by Crippen LogP contribution is -2.48. The predicted molar refractivity (Wildman–Crippen MR) is 90.0 cm³/mol. The number of carbonyl (C=O) groups excluding carboxylic acids is 3. The number of fused-ring (bicyclic) bond motifs is 1. The summed E-state index contributed by atoms with van der Waals surface area (Å²) in [5.41, 5.74) is 0.900. The minimum absolute atomic E-state index is 0.233. The lowest BCUT2D eigenvalue weighted by molar-refractivity contribution is -0.147. The summed E-state index contributed by atoms with van der Waals surface area (Å²) in [5, 5.41) is 3.40. The van der Waals surface area contributed by atoms with Crippen molar-refractivity contribution in [3.8, 4) is 0 Å². The van der Waals surface area contributed by atoms with Crippen molar-refractivity contribution in [1.29, 1.82) is 0 Å². The van der Waals surface area contributed by atoms with Crippen LogP contribution in [0.4, 0.5) is 0 Å². The summed E-state index contributed by atoms with van der Waals surface area (Å²) < 4.78 is 0. The quantitative estimate of drug-likeness (QED) is 0.672. The number of likely N-dealkylation sites (tertiary alicyclic amines) is 1. The van der Waals surface area contributed by atoms with Gasteiger partial charge in [-0.1, -0.05) is 35.9 Å². The summed E-state index contributed by atoms with van der Waals surface area (Å²) in [6.45, 7) is 1.92. The molecule has 1 aliphatic carbocycles. The molecule has 3 atom stereocenters. The molecular formula is C18H19ClN2O3. The van der Waals surface area contributed by atoms with E-state index in [4.69, 9.17) is 11.6 Å². The minimum Gasteiger partial charge on any atom is -0.350 e. The Bertz CT molecular complexity index is 673. The fourth-order valence-corrected chi connectivity index (χ4v) is 3.39. The SMILES string of the molecule is C[C@@H](C(=O)NCc1ccc(Cl)cc1)N1C(=O)[C@H]2CC=CC[C@@H]2C1=O. The molecule has 0 spiro atoms. The van der Waals surface area contributed by atoms with E-state index >= 15 is 0 Å². The van der Waals surface area contributed by atoms with Gasteiger partial charge in [-0.25, -0.2) is 0 Å². The van der Waals surface area contributed by atoms with Crippen LogP contribution in [0.1, 0.15) is 25.3 Å². The second-order valence-electron chi connectivity index (χ2n) is 6.22. The van der Waals surface area contributed by atoms with Gasteiger partial charge in [0.1, 0.15) is 6.04 Å². The van der Waals surface area contributed by atoms with Crippen molar-refractivity contribution >= 4 is 29.3 Å². The van der Waals surface area contributed by atoms with Gasteiger partial charge in [-0.15, -0.1) is 0 Å². The monoisotopic (exact) mass is 346 g/mol. The summed E-state index contributed by atoms with van der Waals surface area (Å²) in [5.74, 6) is -1.42. The normalized spacial score (nSPS) is 24.0. The maximum Gasteiger partial charge on any atom is 0.243 e. The number of imide groups is 1.